The molecule has 0 aliphatic carbocycles. The minimum atomic E-state index is -0.255. The van der Waals surface area contributed by atoms with E-state index in [-0.39, 0.29) is 24.4 Å². The molecule has 5 nitrogen and oxygen atoms in total. The lowest BCUT2D eigenvalue weighted by molar-refractivity contribution is -0.135. The topological polar surface area (TPSA) is 45.6 Å². The van der Waals surface area contributed by atoms with Gasteiger partial charge in [-0.3, -0.25) is 14.5 Å². The number of nitrogens with zero attached hydrogens (tertiary/aromatic N) is 3. The van der Waals surface area contributed by atoms with E-state index in [4.69, 9.17) is 0 Å². The quantitative estimate of drug-likeness (QED) is 0.199. The third-order valence-corrected chi connectivity index (χ3v) is 7.84. The van der Waals surface area contributed by atoms with Crippen LogP contribution in [0, 0.1) is 6.92 Å². The van der Waals surface area contributed by atoms with E-state index in [1.165, 1.54) is 37.7 Å². The molecule has 5 heteroatoms. The molecule has 1 aromatic heterocycles. The standard InChI is InChI=1S/C34H45N3O2/c1-4-6-8-9-10-11-12-19-32(38)35(24-7-5-2)26-33(39)37-30-17-14-13-16-29(30)36-25-15-18-31(36)34(37)28-22-20-27(3)21-23-28/h13-18,20-23,25,34H,4-12,19,24,26H2,1-3H3. The van der Waals surface area contributed by atoms with Crippen molar-refractivity contribution in [2.24, 2.45) is 0 Å². The normalized spacial score (nSPS) is 14.1. The summed E-state index contributed by atoms with van der Waals surface area (Å²) in [4.78, 5) is 31.3. The molecule has 208 valence electrons. The number of anilines is 1. The molecule has 39 heavy (non-hydrogen) atoms. The Bertz CT molecular complexity index is 1210. The Kier molecular flexibility index (Phi) is 10.4. The molecule has 2 amide bonds. The van der Waals surface area contributed by atoms with Crippen LogP contribution in [-0.2, 0) is 9.59 Å². The van der Waals surface area contributed by atoms with Crippen LogP contribution in [0.2, 0.25) is 0 Å². The third kappa shape index (κ3) is 7.00. The second kappa shape index (κ2) is 14.2. The Morgan fingerprint density at radius 2 is 1.44 bits per heavy atom. The van der Waals surface area contributed by atoms with Crippen molar-refractivity contribution in [2.75, 3.05) is 18.0 Å². The number of benzene rings is 2. The maximum atomic E-state index is 14.2. The average Bonchev–Trinajstić information content (AvgIpc) is 3.44. The number of carbonyl (C=O) groups excluding carboxylic acids is 2. The van der Waals surface area contributed by atoms with Crippen LogP contribution in [0.25, 0.3) is 5.69 Å². The number of hydrogen-bond acceptors (Lipinski definition) is 2. The first-order chi connectivity index (χ1) is 19.0. The summed E-state index contributed by atoms with van der Waals surface area (Å²) in [6, 6.07) is 20.4. The Hall–Kier alpha value is -3.34. The van der Waals surface area contributed by atoms with Gasteiger partial charge < -0.3 is 9.47 Å². The van der Waals surface area contributed by atoms with E-state index in [0.717, 1.165) is 48.3 Å². The van der Waals surface area contributed by atoms with Crippen LogP contribution in [0.1, 0.15) is 101 Å². The summed E-state index contributed by atoms with van der Waals surface area (Å²) in [5, 5.41) is 0. The molecule has 1 aliphatic rings. The first-order valence-electron chi connectivity index (χ1n) is 15.0. The number of aromatic nitrogens is 1. The predicted molar refractivity (Wildman–Crippen MR) is 160 cm³/mol. The summed E-state index contributed by atoms with van der Waals surface area (Å²) in [6.45, 7) is 7.16. The molecule has 1 aliphatic heterocycles. The lowest BCUT2D eigenvalue weighted by Gasteiger charge is -2.39. The molecule has 2 heterocycles. The number of rotatable bonds is 14. The summed E-state index contributed by atoms with van der Waals surface area (Å²) in [5.74, 6) is 0.0652. The molecule has 0 saturated carbocycles. The van der Waals surface area contributed by atoms with Crippen LogP contribution in [-0.4, -0.2) is 34.4 Å². The molecule has 4 rings (SSSR count). The Morgan fingerprint density at radius 3 is 2.15 bits per heavy atom. The van der Waals surface area contributed by atoms with Crippen LogP contribution in [0.5, 0.6) is 0 Å². The van der Waals surface area contributed by atoms with Gasteiger partial charge in [-0.15, -0.1) is 0 Å². The minimum absolute atomic E-state index is 0.0375. The van der Waals surface area contributed by atoms with Crippen molar-refractivity contribution >= 4 is 17.5 Å². The number of hydrogen-bond donors (Lipinski definition) is 0. The van der Waals surface area contributed by atoms with Gasteiger partial charge >= 0.3 is 0 Å². The lowest BCUT2D eigenvalue weighted by Crippen LogP contribution is -2.47. The second-order valence-electron chi connectivity index (χ2n) is 10.9. The van der Waals surface area contributed by atoms with E-state index in [9.17, 15) is 9.59 Å². The number of fused-ring (bicyclic) bond motifs is 3. The van der Waals surface area contributed by atoms with Crippen molar-refractivity contribution in [3.8, 4) is 5.69 Å². The fraction of sp³-hybridized carbons (Fsp3) is 0.471. The maximum Gasteiger partial charge on any atom is 0.247 e. The van der Waals surface area contributed by atoms with Gasteiger partial charge in [-0.25, -0.2) is 0 Å². The van der Waals surface area contributed by atoms with Crippen molar-refractivity contribution in [3.05, 3.63) is 83.7 Å². The van der Waals surface area contributed by atoms with E-state index in [2.05, 4.69) is 67.9 Å². The zero-order valence-electron chi connectivity index (χ0n) is 24.1. The van der Waals surface area contributed by atoms with Crippen molar-refractivity contribution < 1.29 is 9.59 Å². The van der Waals surface area contributed by atoms with Crippen molar-refractivity contribution in [1.82, 2.24) is 9.47 Å². The zero-order chi connectivity index (χ0) is 27.6. The minimum Gasteiger partial charge on any atom is -0.333 e. The van der Waals surface area contributed by atoms with E-state index < -0.39 is 0 Å². The first-order valence-corrected chi connectivity index (χ1v) is 15.0. The van der Waals surface area contributed by atoms with E-state index in [1.54, 1.807) is 0 Å². The molecule has 1 atom stereocenters. The highest BCUT2D eigenvalue weighted by Crippen LogP contribution is 2.42. The van der Waals surface area contributed by atoms with Crippen LogP contribution in [0.15, 0.2) is 66.9 Å². The van der Waals surface area contributed by atoms with E-state index >= 15 is 0 Å². The number of carbonyl (C=O) groups is 2. The summed E-state index contributed by atoms with van der Waals surface area (Å²) >= 11 is 0. The zero-order valence-corrected chi connectivity index (χ0v) is 24.1. The van der Waals surface area contributed by atoms with Gasteiger partial charge in [-0.2, -0.15) is 0 Å². The predicted octanol–water partition coefficient (Wildman–Crippen LogP) is 7.99. The molecule has 2 aromatic carbocycles. The summed E-state index contributed by atoms with van der Waals surface area (Å²) in [5.41, 5.74) is 5.18. The highest BCUT2D eigenvalue weighted by molar-refractivity contribution is 6.00. The van der Waals surface area contributed by atoms with Gasteiger partial charge in [0.15, 0.2) is 0 Å². The molecule has 0 saturated heterocycles. The molecule has 0 radical (unpaired) electrons. The summed E-state index contributed by atoms with van der Waals surface area (Å²) in [6.07, 6.45) is 12.7. The molecule has 0 bridgehead atoms. The third-order valence-electron chi connectivity index (χ3n) is 7.84. The highest BCUT2D eigenvalue weighted by Gasteiger charge is 2.36. The summed E-state index contributed by atoms with van der Waals surface area (Å²) < 4.78 is 2.18. The molecule has 0 spiro atoms. The van der Waals surface area contributed by atoms with E-state index in [0.29, 0.717) is 13.0 Å². The van der Waals surface area contributed by atoms with Gasteiger partial charge in [-0.1, -0.05) is 101 Å². The van der Waals surface area contributed by atoms with Gasteiger partial charge in [0, 0.05) is 19.2 Å². The van der Waals surface area contributed by atoms with Gasteiger partial charge in [0.05, 0.1) is 17.1 Å². The number of unbranched alkanes of at least 4 members (excludes halogenated alkanes) is 7. The molecular formula is C34H45N3O2. The van der Waals surface area contributed by atoms with E-state index in [1.807, 2.05) is 34.1 Å². The van der Waals surface area contributed by atoms with Crippen molar-refractivity contribution in [3.63, 3.8) is 0 Å². The van der Waals surface area contributed by atoms with Crippen LogP contribution in [0.3, 0.4) is 0 Å². The molecular weight excluding hydrogens is 482 g/mol. The summed E-state index contributed by atoms with van der Waals surface area (Å²) in [7, 11) is 0. The van der Waals surface area contributed by atoms with Crippen molar-refractivity contribution in [2.45, 2.75) is 91.0 Å². The fourth-order valence-corrected chi connectivity index (χ4v) is 5.60. The average molecular weight is 528 g/mol. The van der Waals surface area contributed by atoms with Gasteiger partial charge in [0.1, 0.15) is 12.6 Å². The fourth-order valence-electron chi connectivity index (χ4n) is 5.60. The SMILES string of the molecule is CCCCCCCCCC(=O)N(CCCC)CC(=O)N1c2ccccc2-n2cccc2C1c1ccc(C)cc1. The molecule has 1 unspecified atom stereocenters. The van der Waals surface area contributed by atoms with Gasteiger partial charge in [-0.05, 0) is 49.6 Å². The number of amides is 2. The largest absolute Gasteiger partial charge is 0.333 e. The monoisotopic (exact) mass is 527 g/mol. The second-order valence-corrected chi connectivity index (χ2v) is 10.9. The van der Waals surface area contributed by atoms with Gasteiger partial charge in [0.25, 0.3) is 0 Å². The van der Waals surface area contributed by atoms with Gasteiger partial charge in [0.2, 0.25) is 11.8 Å². The Morgan fingerprint density at radius 1 is 0.769 bits per heavy atom. The van der Waals surface area contributed by atoms with Crippen molar-refractivity contribution in [1.29, 1.82) is 0 Å². The highest BCUT2D eigenvalue weighted by atomic mass is 16.2. The number of para-hydroxylation sites is 2. The Labute approximate surface area is 234 Å². The lowest BCUT2D eigenvalue weighted by atomic mass is 9.97. The molecule has 0 fully saturated rings. The van der Waals surface area contributed by atoms with Crippen LogP contribution in [0.4, 0.5) is 5.69 Å². The maximum absolute atomic E-state index is 14.2. The first kappa shape index (κ1) is 28.7. The molecule has 0 N–H and O–H groups in total. The van der Waals surface area contributed by atoms with Crippen LogP contribution >= 0.6 is 0 Å². The molecule has 3 aromatic rings. The number of aryl methyl sites for hydroxylation is 1. The smallest absolute Gasteiger partial charge is 0.247 e. The Balaban J connectivity index is 1.55. The van der Waals surface area contributed by atoms with Crippen LogP contribution < -0.4 is 4.90 Å².